The van der Waals surface area contributed by atoms with Crippen LogP contribution in [0.25, 0.3) is 11.4 Å². The lowest BCUT2D eigenvalue weighted by Crippen LogP contribution is -2.28. The molecular formula is C17H21N3O. The molecule has 2 heterocycles. The van der Waals surface area contributed by atoms with Crippen LogP contribution >= 0.6 is 0 Å². The molecule has 0 bridgehead atoms. The predicted molar refractivity (Wildman–Crippen MR) is 84.5 cm³/mol. The van der Waals surface area contributed by atoms with Crippen LogP contribution < -0.4 is 10.9 Å². The maximum atomic E-state index is 11.9. The molecule has 0 unspecified atom stereocenters. The highest BCUT2D eigenvalue weighted by Crippen LogP contribution is 2.24. The average Bonchev–Trinajstić information content (AvgIpc) is 2.55. The molecule has 1 aromatic carbocycles. The summed E-state index contributed by atoms with van der Waals surface area (Å²) < 4.78 is 0. The summed E-state index contributed by atoms with van der Waals surface area (Å²) in [5.41, 5.74) is 3.12. The highest BCUT2D eigenvalue weighted by Gasteiger charge is 2.18. The van der Waals surface area contributed by atoms with E-state index >= 15 is 0 Å². The molecule has 1 aliphatic rings. The van der Waals surface area contributed by atoms with Gasteiger partial charge in [-0.1, -0.05) is 31.2 Å². The Balaban J connectivity index is 1.94. The van der Waals surface area contributed by atoms with Crippen LogP contribution in [0.15, 0.2) is 35.1 Å². The standard InChI is InChI=1S/C17H21N3O/c1-2-12-3-5-14(6-4-12)17-19-15(11-16(21)20-17)13-7-9-18-10-8-13/h3-6,11,13,18H,2,7-10H2,1H3,(H,19,20,21). The summed E-state index contributed by atoms with van der Waals surface area (Å²) in [6.07, 6.45) is 3.11. The summed E-state index contributed by atoms with van der Waals surface area (Å²) in [4.78, 5) is 19.5. The van der Waals surface area contributed by atoms with E-state index in [9.17, 15) is 4.79 Å². The second-order valence-electron chi connectivity index (χ2n) is 5.59. The molecule has 1 aromatic heterocycles. The van der Waals surface area contributed by atoms with Gasteiger partial charge >= 0.3 is 0 Å². The van der Waals surface area contributed by atoms with Crippen LogP contribution in [0.5, 0.6) is 0 Å². The third-order valence-electron chi connectivity index (χ3n) is 4.15. The van der Waals surface area contributed by atoms with Crippen LogP contribution in [0.2, 0.25) is 0 Å². The zero-order chi connectivity index (χ0) is 14.7. The molecule has 1 aliphatic heterocycles. The number of aromatic nitrogens is 2. The van der Waals surface area contributed by atoms with Crippen LogP contribution in [0, 0.1) is 0 Å². The Bertz CT molecular complexity index is 654. The van der Waals surface area contributed by atoms with E-state index in [1.165, 1.54) is 5.56 Å². The number of rotatable bonds is 3. The number of benzene rings is 1. The number of hydrogen-bond donors (Lipinski definition) is 2. The fourth-order valence-corrected chi connectivity index (χ4v) is 2.84. The number of hydrogen-bond acceptors (Lipinski definition) is 3. The minimum Gasteiger partial charge on any atom is -0.317 e. The Morgan fingerprint density at radius 1 is 1.19 bits per heavy atom. The molecule has 21 heavy (non-hydrogen) atoms. The van der Waals surface area contributed by atoms with E-state index < -0.39 is 0 Å². The minimum absolute atomic E-state index is 0.0619. The zero-order valence-electron chi connectivity index (χ0n) is 12.4. The average molecular weight is 283 g/mol. The molecule has 0 amide bonds. The Kier molecular flexibility index (Phi) is 4.15. The van der Waals surface area contributed by atoms with Crippen molar-refractivity contribution in [1.82, 2.24) is 15.3 Å². The lowest BCUT2D eigenvalue weighted by atomic mass is 9.94. The fraction of sp³-hybridized carbons (Fsp3) is 0.412. The van der Waals surface area contributed by atoms with Crippen molar-refractivity contribution >= 4 is 0 Å². The van der Waals surface area contributed by atoms with E-state index in [-0.39, 0.29) is 5.56 Å². The normalized spacial score (nSPS) is 16.0. The molecule has 4 nitrogen and oxygen atoms in total. The SMILES string of the molecule is CCc1ccc(-c2nc(C3CCNCC3)cc(=O)[nH]2)cc1. The molecule has 0 spiro atoms. The third kappa shape index (κ3) is 3.22. The molecule has 4 heteroatoms. The van der Waals surface area contributed by atoms with Crippen LogP contribution in [0.3, 0.4) is 0 Å². The van der Waals surface area contributed by atoms with Gasteiger partial charge in [0.15, 0.2) is 0 Å². The molecule has 2 aromatic rings. The van der Waals surface area contributed by atoms with Crippen molar-refractivity contribution in [3.05, 3.63) is 51.9 Å². The Morgan fingerprint density at radius 2 is 1.90 bits per heavy atom. The van der Waals surface area contributed by atoms with Gasteiger partial charge < -0.3 is 10.3 Å². The lowest BCUT2D eigenvalue weighted by Gasteiger charge is -2.22. The quantitative estimate of drug-likeness (QED) is 0.909. The predicted octanol–water partition coefficient (Wildman–Crippen LogP) is 2.47. The summed E-state index contributed by atoms with van der Waals surface area (Å²) in [6.45, 7) is 4.13. The van der Waals surface area contributed by atoms with Gasteiger partial charge in [-0.3, -0.25) is 4.79 Å². The van der Waals surface area contributed by atoms with Gasteiger partial charge in [0, 0.05) is 17.5 Å². The molecular weight excluding hydrogens is 262 g/mol. The number of aromatic amines is 1. The Morgan fingerprint density at radius 3 is 2.57 bits per heavy atom. The molecule has 3 rings (SSSR count). The summed E-state index contributed by atoms with van der Waals surface area (Å²) in [5.74, 6) is 1.07. The van der Waals surface area contributed by atoms with E-state index in [1.807, 2.05) is 12.1 Å². The number of aryl methyl sites for hydroxylation is 1. The van der Waals surface area contributed by atoms with Crippen LogP contribution in [0.4, 0.5) is 0 Å². The number of nitrogens with one attached hydrogen (secondary N) is 2. The van der Waals surface area contributed by atoms with Gasteiger partial charge in [-0.05, 0) is 37.9 Å². The van der Waals surface area contributed by atoms with Crippen molar-refractivity contribution < 1.29 is 0 Å². The topological polar surface area (TPSA) is 57.8 Å². The van der Waals surface area contributed by atoms with E-state index in [4.69, 9.17) is 4.98 Å². The largest absolute Gasteiger partial charge is 0.317 e. The first-order valence-corrected chi connectivity index (χ1v) is 7.67. The van der Waals surface area contributed by atoms with Gasteiger partial charge in [-0.25, -0.2) is 4.98 Å². The molecule has 0 atom stereocenters. The first-order valence-electron chi connectivity index (χ1n) is 7.67. The van der Waals surface area contributed by atoms with Gasteiger partial charge in [0.1, 0.15) is 5.82 Å². The van der Waals surface area contributed by atoms with Gasteiger partial charge in [-0.15, -0.1) is 0 Å². The summed E-state index contributed by atoms with van der Waals surface area (Å²) in [5, 5.41) is 3.34. The second-order valence-corrected chi connectivity index (χ2v) is 5.59. The lowest BCUT2D eigenvalue weighted by molar-refractivity contribution is 0.453. The van der Waals surface area contributed by atoms with Gasteiger partial charge in [0.25, 0.3) is 5.56 Å². The number of H-pyrrole nitrogens is 1. The van der Waals surface area contributed by atoms with Crippen LogP contribution in [0.1, 0.15) is 36.9 Å². The van der Waals surface area contributed by atoms with E-state index in [0.717, 1.165) is 43.6 Å². The minimum atomic E-state index is -0.0619. The van der Waals surface area contributed by atoms with Crippen molar-refractivity contribution in [2.24, 2.45) is 0 Å². The third-order valence-corrected chi connectivity index (χ3v) is 4.15. The second kappa shape index (κ2) is 6.22. The Labute approximate surface area is 124 Å². The molecule has 2 N–H and O–H groups in total. The summed E-state index contributed by atoms with van der Waals surface area (Å²) in [7, 11) is 0. The molecule has 1 fully saturated rings. The molecule has 1 saturated heterocycles. The maximum absolute atomic E-state index is 11.9. The first-order chi connectivity index (χ1) is 10.3. The number of piperidine rings is 1. The van der Waals surface area contributed by atoms with Crippen molar-refractivity contribution in [3.8, 4) is 11.4 Å². The van der Waals surface area contributed by atoms with E-state index in [0.29, 0.717) is 11.7 Å². The van der Waals surface area contributed by atoms with Gasteiger partial charge in [0.2, 0.25) is 0 Å². The van der Waals surface area contributed by atoms with Gasteiger partial charge in [0.05, 0.1) is 5.69 Å². The van der Waals surface area contributed by atoms with E-state index in [1.54, 1.807) is 6.07 Å². The number of nitrogens with zero attached hydrogens (tertiary/aromatic N) is 1. The smallest absolute Gasteiger partial charge is 0.251 e. The van der Waals surface area contributed by atoms with E-state index in [2.05, 4.69) is 29.4 Å². The molecule has 0 aliphatic carbocycles. The Hall–Kier alpha value is -1.94. The monoisotopic (exact) mass is 283 g/mol. The van der Waals surface area contributed by atoms with Crippen molar-refractivity contribution in [3.63, 3.8) is 0 Å². The van der Waals surface area contributed by atoms with Crippen molar-refractivity contribution in [1.29, 1.82) is 0 Å². The van der Waals surface area contributed by atoms with Gasteiger partial charge in [-0.2, -0.15) is 0 Å². The highest BCUT2D eigenvalue weighted by atomic mass is 16.1. The van der Waals surface area contributed by atoms with Crippen molar-refractivity contribution in [2.45, 2.75) is 32.1 Å². The first kappa shape index (κ1) is 14.0. The summed E-state index contributed by atoms with van der Waals surface area (Å²) in [6, 6.07) is 9.89. The fourth-order valence-electron chi connectivity index (χ4n) is 2.84. The maximum Gasteiger partial charge on any atom is 0.251 e. The van der Waals surface area contributed by atoms with Crippen molar-refractivity contribution in [2.75, 3.05) is 13.1 Å². The highest BCUT2D eigenvalue weighted by molar-refractivity contribution is 5.55. The van der Waals surface area contributed by atoms with Crippen LogP contribution in [-0.2, 0) is 6.42 Å². The summed E-state index contributed by atoms with van der Waals surface area (Å²) >= 11 is 0. The molecule has 0 saturated carbocycles. The molecule has 110 valence electrons. The molecule has 0 radical (unpaired) electrons. The zero-order valence-corrected chi connectivity index (χ0v) is 12.4. The van der Waals surface area contributed by atoms with Crippen LogP contribution in [-0.4, -0.2) is 23.1 Å².